The van der Waals surface area contributed by atoms with E-state index in [0.717, 1.165) is 63.0 Å². The van der Waals surface area contributed by atoms with Gasteiger partial charge in [-0.15, -0.1) is 24.0 Å². The summed E-state index contributed by atoms with van der Waals surface area (Å²) < 4.78 is 5.31. The van der Waals surface area contributed by atoms with Gasteiger partial charge >= 0.3 is 0 Å². The van der Waals surface area contributed by atoms with Crippen LogP contribution in [0.2, 0.25) is 0 Å². The van der Waals surface area contributed by atoms with Crippen LogP contribution in [0.5, 0.6) is 0 Å². The highest BCUT2D eigenvalue weighted by molar-refractivity contribution is 14.0. The van der Waals surface area contributed by atoms with Crippen LogP contribution < -0.4 is 10.6 Å². The Morgan fingerprint density at radius 1 is 1.33 bits per heavy atom. The number of thioether (sulfide) groups is 1. The number of aliphatic imine (C=N–C) groups is 1. The number of nitrogens with zero attached hydrogens (tertiary/aromatic N) is 1. The molecule has 0 aromatic carbocycles. The summed E-state index contributed by atoms with van der Waals surface area (Å²) in [5, 5.41) is 16.8. The van der Waals surface area contributed by atoms with Crippen molar-refractivity contribution in [2.75, 3.05) is 44.4 Å². The molecule has 1 unspecified atom stereocenters. The highest BCUT2D eigenvalue weighted by Crippen LogP contribution is 2.27. The maximum atomic E-state index is 10.3. The lowest BCUT2D eigenvalue weighted by Gasteiger charge is -2.19. The number of ether oxygens (including phenoxy) is 1. The first kappa shape index (κ1) is 21.3. The van der Waals surface area contributed by atoms with E-state index >= 15 is 0 Å². The molecule has 1 aliphatic rings. The first-order valence-electron chi connectivity index (χ1n) is 7.60. The van der Waals surface area contributed by atoms with Crippen LogP contribution in [0.1, 0.15) is 33.1 Å². The highest BCUT2D eigenvalue weighted by Gasteiger charge is 2.31. The van der Waals surface area contributed by atoms with Crippen LogP contribution in [-0.4, -0.2) is 61.0 Å². The standard InChI is InChI=1S/C14H29N3O2S.HI/c1-3-15-13(16-8-5-6-9-19-4-2)17-11-14(18)7-10-20-12-14;/h18H,3-12H2,1-2H3,(H2,15,16,17);1H. The minimum absolute atomic E-state index is 0. The SMILES string of the molecule is CCNC(=NCC1(O)CCSC1)NCCCCOCC.I. The van der Waals surface area contributed by atoms with E-state index < -0.39 is 5.60 Å². The molecule has 21 heavy (non-hydrogen) atoms. The van der Waals surface area contributed by atoms with Crippen molar-refractivity contribution in [1.82, 2.24) is 10.6 Å². The Morgan fingerprint density at radius 3 is 2.76 bits per heavy atom. The number of guanidine groups is 1. The molecule has 0 aliphatic carbocycles. The second kappa shape index (κ2) is 12.8. The zero-order chi connectivity index (χ0) is 14.7. The maximum Gasteiger partial charge on any atom is 0.191 e. The van der Waals surface area contributed by atoms with Crippen molar-refractivity contribution in [3.63, 3.8) is 0 Å². The lowest BCUT2D eigenvalue weighted by Crippen LogP contribution is -2.40. The molecule has 0 bridgehead atoms. The Morgan fingerprint density at radius 2 is 2.14 bits per heavy atom. The number of halogens is 1. The average Bonchev–Trinajstić information content (AvgIpc) is 2.87. The first-order chi connectivity index (χ1) is 9.70. The maximum absolute atomic E-state index is 10.3. The number of nitrogens with one attached hydrogen (secondary N) is 2. The van der Waals surface area contributed by atoms with Crippen molar-refractivity contribution >= 4 is 41.7 Å². The predicted molar refractivity (Wildman–Crippen MR) is 102 cm³/mol. The summed E-state index contributed by atoms with van der Waals surface area (Å²) in [5.41, 5.74) is -0.609. The van der Waals surface area contributed by atoms with Crippen LogP contribution in [0.3, 0.4) is 0 Å². The average molecular weight is 431 g/mol. The Balaban J connectivity index is 0.00000400. The number of unbranched alkanes of at least 4 members (excludes halogenated alkanes) is 1. The van der Waals surface area contributed by atoms with E-state index in [1.54, 1.807) is 11.8 Å². The van der Waals surface area contributed by atoms with Crippen LogP contribution in [0.25, 0.3) is 0 Å². The third-order valence-electron chi connectivity index (χ3n) is 3.17. The number of rotatable bonds is 9. The third kappa shape index (κ3) is 9.80. The molecule has 0 aromatic rings. The molecule has 0 radical (unpaired) electrons. The van der Waals surface area contributed by atoms with Gasteiger partial charge < -0.3 is 20.5 Å². The molecule has 1 rings (SSSR count). The molecule has 0 spiro atoms. The highest BCUT2D eigenvalue weighted by atomic mass is 127. The van der Waals surface area contributed by atoms with E-state index in [1.165, 1.54) is 0 Å². The molecule has 1 fully saturated rings. The molecule has 1 aliphatic heterocycles. The summed E-state index contributed by atoms with van der Waals surface area (Å²) in [5.74, 6) is 2.63. The van der Waals surface area contributed by atoms with Gasteiger partial charge in [-0.25, -0.2) is 0 Å². The summed E-state index contributed by atoms with van der Waals surface area (Å²) in [6, 6.07) is 0. The smallest absolute Gasteiger partial charge is 0.191 e. The molecule has 5 nitrogen and oxygen atoms in total. The summed E-state index contributed by atoms with van der Waals surface area (Å²) in [6.07, 6.45) is 2.96. The molecular formula is C14H30IN3O2S. The summed E-state index contributed by atoms with van der Waals surface area (Å²) >= 11 is 1.80. The Kier molecular flexibility index (Phi) is 12.9. The van der Waals surface area contributed by atoms with E-state index in [1.807, 2.05) is 13.8 Å². The largest absolute Gasteiger partial charge is 0.387 e. The lowest BCUT2D eigenvalue weighted by molar-refractivity contribution is 0.0778. The van der Waals surface area contributed by atoms with Gasteiger partial charge in [0.05, 0.1) is 12.1 Å². The monoisotopic (exact) mass is 431 g/mol. The van der Waals surface area contributed by atoms with Crippen molar-refractivity contribution in [2.45, 2.75) is 38.7 Å². The second-order valence-electron chi connectivity index (χ2n) is 5.05. The van der Waals surface area contributed by atoms with Crippen LogP contribution in [0, 0.1) is 0 Å². The predicted octanol–water partition coefficient (Wildman–Crippen LogP) is 1.84. The quantitative estimate of drug-likeness (QED) is 0.225. The molecule has 0 saturated carbocycles. The minimum Gasteiger partial charge on any atom is -0.387 e. The fourth-order valence-corrected chi connectivity index (χ4v) is 3.25. The fraction of sp³-hybridized carbons (Fsp3) is 0.929. The van der Waals surface area contributed by atoms with Crippen molar-refractivity contribution in [3.8, 4) is 0 Å². The third-order valence-corrected chi connectivity index (χ3v) is 4.40. The Labute approximate surface area is 150 Å². The molecule has 126 valence electrons. The first-order valence-corrected chi connectivity index (χ1v) is 8.75. The number of aliphatic hydroxyl groups is 1. The van der Waals surface area contributed by atoms with Crippen LogP contribution in [-0.2, 0) is 4.74 Å². The molecule has 1 heterocycles. The van der Waals surface area contributed by atoms with Crippen molar-refractivity contribution in [1.29, 1.82) is 0 Å². The van der Waals surface area contributed by atoms with E-state index in [4.69, 9.17) is 4.74 Å². The lowest BCUT2D eigenvalue weighted by atomic mass is 10.1. The topological polar surface area (TPSA) is 65.9 Å². The zero-order valence-electron chi connectivity index (χ0n) is 13.2. The van der Waals surface area contributed by atoms with Crippen molar-refractivity contribution < 1.29 is 9.84 Å². The van der Waals surface area contributed by atoms with Gasteiger partial charge in [0.15, 0.2) is 5.96 Å². The molecule has 1 atom stereocenters. The van der Waals surface area contributed by atoms with Gasteiger partial charge in [0.25, 0.3) is 0 Å². The summed E-state index contributed by atoms with van der Waals surface area (Å²) in [7, 11) is 0. The van der Waals surface area contributed by atoms with Crippen LogP contribution in [0.4, 0.5) is 0 Å². The molecule has 0 aromatic heterocycles. The molecule has 7 heteroatoms. The number of hydrogen-bond donors (Lipinski definition) is 3. The van der Waals surface area contributed by atoms with Crippen molar-refractivity contribution in [2.24, 2.45) is 4.99 Å². The Bertz CT molecular complexity index is 287. The molecular weight excluding hydrogens is 401 g/mol. The summed E-state index contributed by atoms with van der Waals surface area (Å²) in [4.78, 5) is 4.50. The van der Waals surface area contributed by atoms with Gasteiger partial charge in [0.2, 0.25) is 0 Å². The van der Waals surface area contributed by atoms with Gasteiger partial charge in [-0.3, -0.25) is 4.99 Å². The minimum atomic E-state index is -0.609. The summed E-state index contributed by atoms with van der Waals surface area (Å²) in [6.45, 7) is 7.86. The van der Waals surface area contributed by atoms with E-state index in [0.29, 0.717) is 6.54 Å². The van der Waals surface area contributed by atoms with E-state index in [9.17, 15) is 5.11 Å². The molecule has 0 amide bonds. The van der Waals surface area contributed by atoms with E-state index in [-0.39, 0.29) is 24.0 Å². The van der Waals surface area contributed by atoms with Crippen LogP contribution >= 0.6 is 35.7 Å². The van der Waals surface area contributed by atoms with E-state index in [2.05, 4.69) is 15.6 Å². The van der Waals surface area contributed by atoms with Gasteiger partial charge in [-0.2, -0.15) is 11.8 Å². The molecule has 3 N–H and O–H groups in total. The molecule has 1 saturated heterocycles. The Hall–Kier alpha value is 0.270. The van der Waals surface area contributed by atoms with Crippen molar-refractivity contribution in [3.05, 3.63) is 0 Å². The van der Waals surface area contributed by atoms with Crippen LogP contribution in [0.15, 0.2) is 4.99 Å². The second-order valence-corrected chi connectivity index (χ2v) is 6.16. The normalized spacial score (nSPS) is 22.0. The van der Waals surface area contributed by atoms with Gasteiger partial charge in [-0.1, -0.05) is 0 Å². The number of hydrogen-bond acceptors (Lipinski definition) is 4. The zero-order valence-corrected chi connectivity index (χ0v) is 16.3. The van der Waals surface area contributed by atoms with Gasteiger partial charge in [0.1, 0.15) is 0 Å². The fourth-order valence-electron chi connectivity index (χ4n) is 1.97. The van der Waals surface area contributed by atoms with Gasteiger partial charge in [0, 0.05) is 32.1 Å². The van der Waals surface area contributed by atoms with Gasteiger partial charge in [-0.05, 0) is 38.9 Å².